The van der Waals surface area contributed by atoms with Gasteiger partial charge in [-0.15, -0.1) is 0 Å². The number of benzene rings is 1. The first-order chi connectivity index (χ1) is 8.38. The molecule has 0 radical (unpaired) electrons. The molecule has 1 aromatic heterocycles. The highest BCUT2D eigenvalue weighted by molar-refractivity contribution is 5.83. The Bertz CT molecular complexity index is 556. The van der Waals surface area contributed by atoms with Crippen molar-refractivity contribution in [2.24, 2.45) is 0 Å². The van der Waals surface area contributed by atoms with Gasteiger partial charge in [0.2, 0.25) is 0 Å². The van der Waals surface area contributed by atoms with Crippen LogP contribution in [-0.4, -0.2) is 23.0 Å². The van der Waals surface area contributed by atoms with Gasteiger partial charge in [-0.25, -0.2) is 0 Å². The predicted octanol–water partition coefficient (Wildman–Crippen LogP) is 2.83. The lowest BCUT2D eigenvalue weighted by atomic mass is 9.89. The van der Waals surface area contributed by atoms with Crippen LogP contribution in [0.25, 0.3) is 10.9 Å². The molecular weight excluding hydrogens is 210 g/mol. The van der Waals surface area contributed by atoms with Gasteiger partial charge in [0.05, 0.1) is 0 Å². The standard InChI is InChI=1S/C14H15N3/c15-10-17-7-5-11(6-8-17)13-9-16-14-4-2-1-3-12(13)14/h1-4,9,11,16H,5-8H2. The Morgan fingerprint density at radius 3 is 2.76 bits per heavy atom. The molecular formula is C14H15N3. The molecule has 0 amide bonds. The molecule has 3 heteroatoms. The van der Waals surface area contributed by atoms with E-state index in [1.807, 2.05) is 4.90 Å². The summed E-state index contributed by atoms with van der Waals surface area (Å²) in [4.78, 5) is 5.18. The van der Waals surface area contributed by atoms with Gasteiger partial charge in [0.1, 0.15) is 0 Å². The topological polar surface area (TPSA) is 42.8 Å². The van der Waals surface area contributed by atoms with Crippen LogP contribution in [0.15, 0.2) is 30.5 Å². The number of hydrogen-bond donors (Lipinski definition) is 1. The molecule has 0 spiro atoms. The van der Waals surface area contributed by atoms with Crippen LogP contribution in [0.1, 0.15) is 24.3 Å². The summed E-state index contributed by atoms with van der Waals surface area (Å²) in [5, 5.41) is 10.2. The zero-order valence-electron chi connectivity index (χ0n) is 9.69. The fraction of sp³-hybridized carbons (Fsp3) is 0.357. The Hall–Kier alpha value is -1.95. The third kappa shape index (κ3) is 1.76. The summed E-state index contributed by atoms with van der Waals surface area (Å²) >= 11 is 0. The first kappa shape index (κ1) is 10.2. The van der Waals surface area contributed by atoms with Crippen LogP contribution >= 0.6 is 0 Å². The number of aromatic nitrogens is 1. The number of nitrogens with one attached hydrogen (secondary N) is 1. The van der Waals surface area contributed by atoms with E-state index in [4.69, 9.17) is 5.26 Å². The van der Waals surface area contributed by atoms with E-state index < -0.39 is 0 Å². The molecule has 1 aliphatic rings. The molecule has 1 saturated heterocycles. The Kier molecular flexibility index (Phi) is 2.49. The van der Waals surface area contributed by atoms with Crippen molar-refractivity contribution in [2.45, 2.75) is 18.8 Å². The summed E-state index contributed by atoms with van der Waals surface area (Å²) in [6, 6.07) is 8.44. The summed E-state index contributed by atoms with van der Waals surface area (Å²) in [5.74, 6) is 0.593. The predicted molar refractivity (Wildman–Crippen MR) is 67.5 cm³/mol. The maximum Gasteiger partial charge on any atom is 0.179 e. The average molecular weight is 225 g/mol. The number of nitriles is 1. The Labute approximate surface area is 101 Å². The van der Waals surface area contributed by atoms with Crippen molar-refractivity contribution in [1.82, 2.24) is 9.88 Å². The first-order valence-electron chi connectivity index (χ1n) is 6.09. The van der Waals surface area contributed by atoms with Gasteiger partial charge in [-0.1, -0.05) is 18.2 Å². The lowest BCUT2D eigenvalue weighted by Gasteiger charge is -2.27. The highest BCUT2D eigenvalue weighted by atomic mass is 15.1. The van der Waals surface area contributed by atoms with Crippen molar-refractivity contribution in [3.05, 3.63) is 36.0 Å². The van der Waals surface area contributed by atoms with Crippen molar-refractivity contribution in [3.63, 3.8) is 0 Å². The largest absolute Gasteiger partial charge is 0.361 e. The van der Waals surface area contributed by atoms with E-state index >= 15 is 0 Å². The summed E-state index contributed by atoms with van der Waals surface area (Å²) in [6.45, 7) is 1.78. The Morgan fingerprint density at radius 2 is 2.00 bits per heavy atom. The lowest BCUT2D eigenvalue weighted by Crippen LogP contribution is -2.28. The minimum atomic E-state index is 0.593. The number of para-hydroxylation sites is 1. The molecule has 0 aliphatic carbocycles. The molecule has 3 nitrogen and oxygen atoms in total. The van der Waals surface area contributed by atoms with E-state index in [9.17, 15) is 0 Å². The highest BCUT2D eigenvalue weighted by Gasteiger charge is 2.21. The molecule has 0 atom stereocenters. The van der Waals surface area contributed by atoms with Crippen LogP contribution < -0.4 is 0 Å². The van der Waals surface area contributed by atoms with Crippen LogP contribution in [0, 0.1) is 11.5 Å². The molecule has 2 heterocycles. The molecule has 2 aromatic rings. The second-order valence-electron chi connectivity index (χ2n) is 4.65. The van der Waals surface area contributed by atoms with E-state index in [0.29, 0.717) is 5.92 Å². The monoisotopic (exact) mass is 225 g/mol. The molecule has 1 aromatic carbocycles. The van der Waals surface area contributed by atoms with Gasteiger partial charge in [-0.2, -0.15) is 5.26 Å². The molecule has 0 bridgehead atoms. The van der Waals surface area contributed by atoms with Crippen molar-refractivity contribution in [2.75, 3.05) is 13.1 Å². The average Bonchev–Trinajstić information content (AvgIpc) is 2.83. The Morgan fingerprint density at radius 1 is 1.24 bits per heavy atom. The highest BCUT2D eigenvalue weighted by Crippen LogP contribution is 2.32. The molecule has 1 fully saturated rings. The number of H-pyrrole nitrogens is 1. The number of rotatable bonds is 1. The number of likely N-dealkylation sites (tertiary alicyclic amines) is 1. The third-order valence-electron chi connectivity index (χ3n) is 3.70. The molecule has 3 rings (SSSR count). The molecule has 17 heavy (non-hydrogen) atoms. The van der Waals surface area contributed by atoms with Crippen molar-refractivity contribution in [3.8, 4) is 6.19 Å². The maximum atomic E-state index is 8.85. The molecule has 1 N–H and O–H groups in total. The van der Waals surface area contributed by atoms with Crippen LogP contribution in [0.2, 0.25) is 0 Å². The maximum absolute atomic E-state index is 8.85. The van der Waals surface area contributed by atoms with Gasteiger partial charge in [-0.3, -0.25) is 0 Å². The van der Waals surface area contributed by atoms with Gasteiger partial charge < -0.3 is 9.88 Å². The second-order valence-corrected chi connectivity index (χ2v) is 4.65. The van der Waals surface area contributed by atoms with Crippen LogP contribution in [0.5, 0.6) is 0 Å². The fourth-order valence-corrected chi connectivity index (χ4v) is 2.72. The van der Waals surface area contributed by atoms with E-state index in [0.717, 1.165) is 25.9 Å². The first-order valence-corrected chi connectivity index (χ1v) is 6.09. The van der Waals surface area contributed by atoms with Crippen LogP contribution in [0.4, 0.5) is 0 Å². The fourth-order valence-electron chi connectivity index (χ4n) is 2.72. The minimum absolute atomic E-state index is 0.593. The quantitative estimate of drug-likeness (QED) is 0.758. The van der Waals surface area contributed by atoms with Gasteiger partial charge >= 0.3 is 0 Å². The van der Waals surface area contributed by atoms with E-state index in [2.05, 4.69) is 41.6 Å². The summed E-state index contributed by atoms with van der Waals surface area (Å²) in [7, 11) is 0. The van der Waals surface area contributed by atoms with Crippen molar-refractivity contribution in [1.29, 1.82) is 5.26 Å². The number of fused-ring (bicyclic) bond motifs is 1. The molecule has 0 unspecified atom stereocenters. The number of nitrogens with zero attached hydrogens (tertiary/aromatic N) is 2. The minimum Gasteiger partial charge on any atom is -0.361 e. The number of hydrogen-bond acceptors (Lipinski definition) is 2. The van der Waals surface area contributed by atoms with Gasteiger partial charge in [0.15, 0.2) is 6.19 Å². The summed E-state index contributed by atoms with van der Waals surface area (Å²) in [6.07, 6.45) is 6.53. The van der Waals surface area contributed by atoms with Crippen molar-refractivity contribution < 1.29 is 0 Å². The SMILES string of the molecule is N#CN1CCC(c2c[nH]c3ccccc23)CC1. The second kappa shape index (κ2) is 4.14. The van der Waals surface area contributed by atoms with E-state index in [1.54, 1.807) is 0 Å². The molecule has 0 saturated carbocycles. The number of piperidine rings is 1. The molecule has 86 valence electrons. The van der Waals surface area contributed by atoms with Crippen molar-refractivity contribution >= 4 is 10.9 Å². The zero-order chi connectivity index (χ0) is 11.7. The number of aromatic amines is 1. The summed E-state index contributed by atoms with van der Waals surface area (Å²) in [5.41, 5.74) is 2.63. The molecule has 1 aliphatic heterocycles. The zero-order valence-corrected chi connectivity index (χ0v) is 9.69. The Balaban J connectivity index is 1.88. The van der Waals surface area contributed by atoms with Crippen LogP contribution in [-0.2, 0) is 0 Å². The van der Waals surface area contributed by atoms with Crippen LogP contribution in [0.3, 0.4) is 0 Å². The smallest absolute Gasteiger partial charge is 0.179 e. The van der Waals surface area contributed by atoms with Gasteiger partial charge in [-0.05, 0) is 30.4 Å². The summed E-state index contributed by atoms with van der Waals surface area (Å²) < 4.78 is 0. The van der Waals surface area contributed by atoms with E-state index in [-0.39, 0.29) is 0 Å². The van der Waals surface area contributed by atoms with E-state index in [1.165, 1.54) is 16.5 Å². The lowest BCUT2D eigenvalue weighted by molar-refractivity contribution is 0.296. The third-order valence-corrected chi connectivity index (χ3v) is 3.70. The van der Waals surface area contributed by atoms with Gasteiger partial charge in [0, 0.05) is 30.2 Å². The van der Waals surface area contributed by atoms with Gasteiger partial charge in [0.25, 0.3) is 0 Å². The normalized spacial score (nSPS) is 17.2.